The second-order valence-electron chi connectivity index (χ2n) is 5.52. The molecule has 0 aromatic rings. The van der Waals surface area contributed by atoms with E-state index in [1.54, 1.807) is 0 Å². The van der Waals surface area contributed by atoms with Gasteiger partial charge in [-0.3, -0.25) is 4.79 Å². The summed E-state index contributed by atoms with van der Waals surface area (Å²) in [6.45, 7) is 5.14. The summed E-state index contributed by atoms with van der Waals surface area (Å²) in [5.74, 6) is 0.777. The minimum atomic E-state index is -0.551. The molecule has 4 heteroatoms. The Morgan fingerprint density at radius 1 is 1.53 bits per heavy atom. The molecule has 0 radical (unpaired) electrons. The van der Waals surface area contributed by atoms with Gasteiger partial charge < -0.3 is 15.4 Å². The van der Waals surface area contributed by atoms with E-state index in [0.717, 1.165) is 51.9 Å². The van der Waals surface area contributed by atoms with Crippen LogP contribution in [-0.4, -0.2) is 42.6 Å². The van der Waals surface area contributed by atoms with Crippen LogP contribution in [0.5, 0.6) is 0 Å². The van der Waals surface area contributed by atoms with Gasteiger partial charge in [0.15, 0.2) is 0 Å². The van der Waals surface area contributed by atoms with Crippen LogP contribution in [0, 0.1) is 5.92 Å². The second kappa shape index (κ2) is 5.36. The molecule has 0 aliphatic carbocycles. The number of nitrogens with zero attached hydrogens (tertiary/aromatic N) is 1. The van der Waals surface area contributed by atoms with Crippen molar-refractivity contribution in [2.45, 2.75) is 44.6 Å². The molecule has 17 heavy (non-hydrogen) atoms. The van der Waals surface area contributed by atoms with Gasteiger partial charge in [0.05, 0.1) is 0 Å². The molecule has 0 bridgehead atoms. The molecule has 4 nitrogen and oxygen atoms in total. The van der Waals surface area contributed by atoms with Gasteiger partial charge in [-0.05, 0) is 51.5 Å². The molecule has 0 aromatic carbocycles. The Hall–Kier alpha value is -0.610. The van der Waals surface area contributed by atoms with Gasteiger partial charge in [0, 0.05) is 19.7 Å². The standard InChI is InChI=1S/C13H24N2O2/c1-13(6-3-9-17-13)12(16)15-8-2-4-11(10-15)5-7-14/h11H,2-10,14H2,1H3. The van der Waals surface area contributed by atoms with Crippen LogP contribution >= 0.6 is 0 Å². The second-order valence-corrected chi connectivity index (χ2v) is 5.52. The first-order valence-corrected chi connectivity index (χ1v) is 6.79. The van der Waals surface area contributed by atoms with Crippen molar-refractivity contribution in [1.29, 1.82) is 0 Å². The topological polar surface area (TPSA) is 55.6 Å². The van der Waals surface area contributed by atoms with Gasteiger partial charge in [0.2, 0.25) is 0 Å². The van der Waals surface area contributed by atoms with Gasteiger partial charge in [-0.1, -0.05) is 0 Å². The van der Waals surface area contributed by atoms with E-state index in [4.69, 9.17) is 10.5 Å². The third kappa shape index (κ3) is 2.80. The highest BCUT2D eigenvalue weighted by atomic mass is 16.5. The number of nitrogens with two attached hydrogens (primary N) is 1. The van der Waals surface area contributed by atoms with Crippen LogP contribution in [0.4, 0.5) is 0 Å². The predicted molar refractivity (Wildman–Crippen MR) is 66.6 cm³/mol. The van der Waals surface area contributed by atoms with Crippen LogP contribution in [0.1, 0.15) is 39.0 Å². The number of carbonyl (C=O) groups excluding carboxylic acids is 1. The highest BCUT2D eigenvalue weighted by Gasteiger charge is 2.41. The normalized spacial score (nSPS) is 34.0. The molecule has 2 unspecified atom stereocenters. The molecule has 0 spiro atoms. The number of hydrogen-bond donors (Lipinski definition) is 1. The lowest BCUT2D eigenvalue weighted by Crippen LogP contribution is -2.50. The first-order valence-electron chi connectivity index (χ1n) is 6.79. The Bertz CT molecular complexity index is 273. The minimum Gasteiger partial charge on any atom is -0.365 e. The lowest BCUT2D eigenvalue weighted by molar-refractivity contribution is -0.152. The fourth-order valence-electron chi connectivity index (χ4n) is 3.00. The fraction of sp³-hybridized carbons (Fsp3) is 0.923. The van der Waals surface area contributed by atoms with Gasteiger partial charge >= 0.3 is 0 Å². The van der Waals surface area contributed by atoms with Crippen LogP contribution < -0.4 is 5.73 Å². The van der Waals surface area contributed by atoms with E-state index in [-0.39, 0.29) is 5.91 Å². The third-order valence-corrected chi connectivity index (χ3v) is 4.05. The predicted octanol–water partition coefficient (Wildman–Crippen LogP) is 1.14. The summed E-state index contributed by atoms with van der Waals surface area (Å²) in [5, 5.41) is 0. The van der Waals surface area contributed by atoms with Gasteiger partial charge in [-0.15, -0.1) is 0 Å². The SMILES string of the molecule is CC1(C(=O)N2CCCC(CCN)C2)CCCO1. The number of amides is 1. The molecule has 2 heterocycles. The number of likely N-dealkylation sites (tertiary alicyclic amines) is 1. The van der Waals surface area contributed by atoms with E-state index < -0.39 is 5.60 Å². The summed E-state index contributed by atoms with van der Waals surface area (Å²) in [6, 6.07) is 0. The monoisotopic (exact) mass is 240 g/mol. The molecule has 2 rings (SSSR count). The van der Waals surface area contributed by atoms with Gasteiger partial charge in [-0.25, -0.2) is 0 Å². The summed E-state index contributed by atoms with van der Waals surface area (Å²) in [5.41, 5.74) is 5.05. The van der Waals surface area contributed by atoms with E-state index in [1.807, 2.05) is 11.8 Å². The van der Waals surface area contributed by atoms with E-state index in [9.17, 15) is 4.79 Å². The maximum atomic E-state index is 12.4. The molecule has 98 valence electrons. The molecule has 1 amide bonds. The minimum absolute atomic E-state index is 0.191. The van der Waals surface area contributed by atoms with Crippen molar-refractivity contribution in [2.24, 2.45) is 11.7 Å². The first-order chi connectivity index (χ1) is 8.15. The van der Waals surface area contributed by atoms with Crippen molar-refractivity contribution < 1.29 is 9.53 Å². The fourth-order valence-corrected chi connectivity index (χ4v) is 3.00. The summed E-state index contributed by atoms with van der Waals surface area (Å²) in [7, 11) is 0. The van der Waals surface area contributed by atoms with Crippen LogP contribution in [-0.2, 0) is 9.53 Å². The van der Waals surface area contributed by atoms with Crippen molar-refractivity contribution >= 4 is 5.91 Å². The van der Waals surface area contributed by atoms with Crippen LogP contribution in [0.15, 0.2) is 0 Å². The van der Waals surface area contributed by atoms with Crippen LogP contribution in [0.2, 0.25) is 0 Å². The quantitative estimate of drug-likeness (QED) is 0.805. The first kappa shape index (κ1) is 12.8. The molecule has 2 fully saturated rings. The number of carbonyl (C=O) groups is 1. The third-order valence-electron chi connectivity index (χ3n) is 4.05. The Balaban J connectivity index is 1.94. The number of hydrogen-bond acceptors (Lipinski definition) is 3. The molecular weight excluding hydrogens is 216 g/mol. The molecule has 0 aromatic heterocycles. The van der Waals surface area contributed by atoms with Crippen molar-refractivity contribution in [3.63, 3.8) is 0 Å². The Morgan fingerprint density at radius 2 is 2.35 bits per heavy atom. The summed E-state index contributed by atoms with van der Waals surface area (Å²) in [6.07, 6.45) is 5.21. The molecule has 2 aliphatic rings. The molecule has 2 N–H and O–H groups in total. The van der Waals surface area contributed by atoms with Crippen LogP contribution in [0.3, 0.4) is 0 Å². The molecular formula is C13H24N2O2. The van der Waals surface area contributed by atoms with Crippen LogP contribution in [0.25, 0.3) is 0 Å². The molecule has 2 aliphatic heterocycles. The molecule has 0 saturated carbocycles. The van der Waals surface area contributed by atoms with E-state index in [2.05, 4.69) is 0 Å². The van der Waals surface area contributed by atoms with E-state index >= 15 is 0 Å². The van der Waals surface area contributed by atoms with Crippen molar-refractivity contribution in [3.8, 4) is 0 Å². The zero-order chi connectivity index (χ0) is 12.3. The highest BCUT2D eigenvalue weighted by Crippen LogP contribution is 2.29. The summed E-state index contributed by atoms with van der Waals surface area (Å²) >= 11 is 0. The smallest absolute Gasteiger partial charge is 0.254 e. The van der Waals surface area contributed by atoms with Gasteiger partial charge in [-0.2, -0.15) is 0 Å². The lowest BCUT2D eigenvalue weighted by Gasteiger charge is -2.37. The Morgan fingerprint density at radius 3 is 3.00 bits per heavy atom. The van der Waals surface area contributed by atoms with Crippen molar-refractivity contribution in [1.82, 2.24) is 4.90 Å². The average Bonchev–Trinajstić information content (AvgIpc) is 2.77. The van der Waals surface area contributed by atoms with Gasteiger partial charge in [0.25, 0.3) is 5.91 Å². The highest BCUT2D eigenvalue weighted by molar-refractivity contribution is 5.85. The van der Waals surface area contributed by atoms with Crippen molar-refractivity contribution in [3.05, 3.63) is 0 Å². The van der Waals surface area contributed by atoms with Gasteiger partial charge in [0.1, 0.15) is 5.60 Å². The Labute approximate surface area is 103 Å². The van der Waals surface area contributed by atoms with Crippen molar-refractivity contribution in [2.75, 3.05) is 26.2 Å². The average molecular weight is 240 g/mol. The zero-order valence-electron chi connectivity index (χ0n) is 10.8. The van der Waals surface area contributed by atoms with E-state index in [0.29, 0.717) is 5.92 Å². The lowest BCUT2D eigenvalue weighted by atomic mass is 9.92. The molecule has 2 saturated heterocycles. The largest absolute Gasteiger partial charge is 0.365 e. The summed E-state index contributed by atoms with van der Waals surface area (Å²) in [4.78, 5) is 14.4. The zero-order valence-corrected chi connectivity index (χ0v) is 10.8. The number of ether oxygens (including phenoxy) is 1. The summed E-state index contributed by atoms with van der Waals surface area (Å²) < 4.78 is 5.63. The maximum absolute atomic E-state index is 12.4. The number of piperidine rings is 1. The maximum Gasteiger partial charge on any atom is 0.254 e. The Kier molecular flexibility index (Phi) is 4.05. The molecule has 2 atom stereocenters. The van der Waals surface area contributed by atoms with E-state index in [1.165, 1.54) is 6.42 Å². The number of rotatable bonds is 3.